The van der Waals surface area contributed by atoms with Gasteiger partial charge in [-0.1, -0.05) is 12.1 Å². The van der Waals surface area contributed by atoms with Crippen LogP contribution in [-0.2, 0) is 4.79 Å². The van der Waals surface area contributed by atoms with Crippen LogP contribution in [0.4, 0.5) is 0 Å². The Morgan fingerprint density at radius 1 is 1.54 bits per heavy atom. The van der Waals surface area contributed by atoms with Crippen LogP contribution >= 0.6 is 0 Å². The Morgan fingerprint density at radius 2 is 2.15 bits per heavy atom. The molecule has 0 aliphatic heterocycles. The highest BCUT2D eigenvalue weighted by molar-refractivity contribution is 5.87. The summed E-state index contributed by atoms with van der Waals surface area (Å²) in [6.07, 6.45) is 1.28. The summed E-state index contributed by atoms with van der Waals surface area (Å²) in [5.74, 6) is -0.765. The summed E-state index contributed by atoms with van der Waals surface area (Å²) >= 11 is 0. The molecule has 0 saturated heterocycles. The SMILES string of the molecule is CC=C(O)C(=O)Oc1cc[c]cc1. The number of aliphatic hydroxyl groups excluding tert-OH is 1. The van der Waals surface area contributed by atoms with Crippen molar-refractivity contribution in [2.45, 2.75) is 6.92 Å². The van der Waals surface area contributed by atoms with Crippen LogP contribution in [0.2, 0.25) is 0 Å². The van der Waals surface area contributed by atoms with Crippen molar-refractivity contribution in [3.05, 3.63) is 42.2 Å². The molecule has 0 saturated carbocycles. The van der Waals surface area contributed by atoms with E-state index in [4.69, 9.17) is 9.84 Å². The third kappa shape index (κ3) is 2.63. The Labute approximate surface area is 76.3 Å². The van der Waals surface area contributed by atoms with E-state index >= 15 is 0 Å². The molecule has 0 amide bonds. The molecule has 0 aliphatic carbocycles. The van der Waals surface area contributed by atoms with Gasteiger partial charge >= 0.3 is 5.97 Å². The summed E-state index contributed by atoms with van der Waals surface area (Å²) < 4.78 is 4.79. The van der Waals surface area contributed by atoms with Gasteiger partial charge in [0.2, 0.25) is 0 Å². The van der Waals surface area contributed by atoms with Crippen LogP contribution in [0.3, 0.4) is 0 Å². The van der Waals surface area contributed by atoms with Gasteiger partial charge in [-0.25, -0.2) is 4.79 Å². The van der Waals surface area contributed by atoms with E-state index in [-0.39, 0.29) is 0 Å². The van der Waals surface area contributed by atoms with Gasteiger partial charge in [-0.05, 0) is 31.2 Å². The second kappa shape index (κ2) is 4.30. The molecule has 0 spiro atoms. The molecule has 0 heterocycles. The summed E-state index contributed by atoms with van der Waals surface area (Å²) in [6.45, 7) is 1.55. The van der Waals surface area contributed by atoms with Crippen molar-refractivity contribution in [3.63, 3.8) is 0 Å². The van der Waals surface area contributed by atoms with Gasteiger partial charge in [0.25, 0.3) is 0 Å². The Morgan fingerprint density at radius 3 is 2.69 bits per heavy atom. The predicted molar refractivity (Wildman–Crippen MR) is 47.3 cm³/mol. The second-order valence-electron chi connectivity index (χ2n) is 2.30. The van der Waals surface area contributed by atoms with E-state index in [1.807, 2.05) is 0 Å². The number of hydrogen-bond donors (Lipinski definition) is 1. The first-order valence-electron chi connectivity index (χ1n) is 3.77. The molecule has 1 aromatic carbocycles. The van der Waals surface area contributed by atoms with Crippen molar-refractivity contribution in [1.82, 2.24) is 0 Å². The third-order valence-electron chi connectivity index (χ3n) is 1.38. The van der Waals surface area contributed by atoms with Gasteiger partial charge in [-0.15, -0.1) is 0 Å². The maximum Gasteiger partial charge on any atom is 0.378 e. The average molecular weight is 177 g/mol. The van der Waals surface area contributed by atoms with Crippen LogP contribution in [0, 0.1) is 6.07 Å². The average Bonchev–Trinajstić information content (AvgIpc) is 2.18. The largest absolute Gasteiger partial charge is 0.502 e. The first kappa shape index (κ1) is 9.32. The van der Waals surface area contributed by atoms with Gasteiger partial charge in [0.1, 0.15) is 5.75 Å². The lowest BCUT2D eigenvalue weighted by molar-refractivity contribution is -0.132. The second-order valence-corrected chi connectivity index (χ2v) is 2.30. The van der Waals surface area contributed by atoms with Gasteiger partial charge < -0.3 is 9.84 Å². The van der Waals surface area contributed by atoms with Gasteiger partial charge in [0, 0.05) is 0 Å². The lowest BCUT2D eigenvalue weighted by Crippen LogP contribution is -2.10. The minimum absolute atomic E-state index is 0.386. The first-order valence-corrected chi connectivity index (χ1v) is 3.77. The highest BCUT2D eigenvalue weighted by Crippen LogP contribution is 2.09. The smallest absolute Gasteiger partial charge is 0.378 e. The number of hydrogen-bond acceptors (Lipinski definition) is 3. The number of allylic oxidation sites excluding steroid dienone is 1. The fraction of sp³-hybridized carbons (Fsp3) is 0.100. The van der Waals surface area contributed by atoms with Crippen molar-refractivity contribution in [2.75, 3.05) is 0 Å². The number of carbonyl (C=O) groups excluding carboxylic acids is 1. The molecule has 0 fully saturated rings. The fourth-order valence-electron chi connectivity index (χ4n) is 0.717. The molecule has 0 aliphatic rings. The molecule has 3 nitrogen and oxygen atoms in total. The lowest BCUT2D eigenvalue weighted by Gasteiger charge is -2.01. The van der Waals surface area contributed by atoms with Gasteiger partial charge in [-0.3, -0.25) is 0 Å². The van der Waals surface area contributed by atoms with Crippen molar-refractivity contribution in [2.24, 2.45) is 0 Å². The number of rotatable bonds is 2. The number of esters is 1. The summed E-state index contributed by atoms with van der Waals surface area (Å²) in [6, 6.07) is 9.19. The maximum absolute atomic E-state index is 11.0. The number of aliphatic hydroxyl groups is 1. The highest BCUT2D eigenvalue weighted by Gasteiger charge is 2.07. The molecule has 1 radical (unpaired) electrons. The summed E-state index contributed by atoms with van der Waals surface area (Å²) in [4.78, 5) is 11.0. The molecular formula is C10H9O3. The zero-order valence-electron chi connectivity index (χ0n) is 7.15. The van der Waals surface area contributed by atoms with Crippen molar-refractivity contribution in [1.29, 1.82) is 0 Å². The fourth-order valence-corrected chi connectivity index (χ4v) is 0.717. The minimum Gasteiger partial charge on any atom is -0.502 e. The lowest BCUT2D eigenvalue weighted by atomic mass is 10.3. The third-order valence-corrected chi connectivity index (χ3v) is 1.38. The van der Waals surface area contributed by atoms with Crippen molar-refractivity contribution < 1.29 is 14.6 Å². The zero-order valence-corrected chi connectivity index (χ0v) is 7.15. The molecule has 0 unspecified atom stereocenters. The van der Waals surface area contributed by atoms with E-state index in [0.717, 1.165) is 0 Å². The standard InChI is InChI=1S/C10H9O3/c1-2-9(11)10(12)13-8-6-4-3-5-7-8/h2,4-7,11H,1H3. The van der Waals surface area contributed by atoms with Crippen LogP contribution in [0.5, 0.6) is 5.75 Å². The molecule has 0 aromatic heterocycles. The monoisotopic (exact) mass is 177 g/mol. The normalized spacial score (nSPS) is 11.0. The van der Waals surface area contributed by atoms with E-state index in [1.165, 1.54) is 6.08 Å². The van der Waals surface area contributed by atoms with Gasteiger partial charge in [0.05, 0.1) is 0 Å². The molecule has 0 bridgehead atoms. The quantitative estimate of drug-likeness (QED) is 0.324. The molecule has 67 valence electrons. The van der Waals surface area contributed by atoms with E-state index < -0.39 is 11.7 Å². The van der Waals surface area contributed by atoms with Crippen LogP contribution in [0.1, 0.15) is 6.92 Å². The van der Waals surface area contributed by atoms with Crippen LogP contribution in [0.15, 0.2) is 36.1 Å². The van der Waals surface area contributed by atoms with Gasteiger partial charge in [0.15, 0.2) is 5.76 Å². The van der Waals surface area contributed by atoms with E-state index in [2.05, 4.69) is 6.07 Å². The molecule has 1 N–H and O–H groups in total. The van der Waals surface area contributed by atoms with Crippen molar-refractivity contribution >= 4 is 5.97 Å². The maximum atomic E-state index is 11.0. The van der Waals surface area contributed by atoms with Crippen LogP contribution in [-0.4, -0.2) is 11.1 Å². The van der Waals surface area contributed by atoms with Crippen LogP contribution < -0.4 is 4.74 Å². The highest BCUT2D eigenvalue weighted by atomic mass is 16.5. The van der Waals surface area contributed by atoms with E-state index in [1.54, 1.807) is 31.2 Å². The molecule has 13 heavy (non-hydrogen) atoms. The molecule has 3 heteroatoms. The summed E-state index contributed by atoms with van der Waals surface area (Å²) in [5.41, 5.74) is 0. The van der Waals surface area contributed by atoms with Crippen LogP contribution in [0.25, 0.3) is 0 Å². The van der Waals surface area contributed by atoms with Crippen molar-refractivity contribution in [3.8, 4) is 5.75 Å². The molecule has 0 atom stereocenters. The van der Waals surface area contributed by atoms with E-state index in [9.17, 15) is 4.79 Å². The molecule has 1 aromatic rings. The van der Waals surface area contributed by atoms with Gasteiger partial charge in [-0.2, -0.15) is 0 Å². The topological polar surface area (TPSA) is 46.5 Å². The molecular weight excluding hydrogens is 168 g/mol. The number of ether oxygens (including phenoxy) is 1. The summed E-state index contributed by atoms with van der Waals surface area (Å²) in [7, 11) is 0. The molecule has 1 rings (SSSR count). The first-order chi connectivity index (χ1) is 6.24. The Balaban J connectivity index is 2.66. The summed E-state index contributed by atoms with van der Waals surface area (Å²) in [5, 5.41) is 8.97. The zero-order chi connectivity index (χ0) is 9.68. The minimum atomic E-state index is -0.756. The Hall–Kier alpha value is -1.77. The number of benzene rings is 1. The number of carbonyl (C=O) groups is 1. The van der Waals surface area contributed by atoms with E-state index in [0.29, 0.717) is 5.75 Å². The Bertz CT molecular complexity index is 314. The Kier molecular flexibility index (Phi) is 3.09. The predicted octanol–water partition coefficient (Wildman–Crippen LogP) is 1.85.